The molecule has 142 valence electrons. The fraction of sp³-hybridized carbons (Fsp3) is 0.263. The lowest BCUT2D eigenvalue weighted by Crippen LogP contribution is -2.37. The first kappa shape index (κ1) is 18.9. The van der Waals surface area contributed by atoms with Gasteiger partial charge < -0.3 is 5.11 Å². The van der Waals surface area contributed by atoms with Gasteiger partial charge in [0.1, 0.15) is 6.54 Å². The summed E-state index contributed by atoms with van der Waals surface area (Å²) < 4.78 is 25.3. The lowest BCUT2D eigenvalue weighted by atomic mass is 10.00. The SMILES string of the molecule is CS(=O)(=O)N1CCCc2cc(C(=O)N(CC(=O)O)c3ccccc3)ccc21. The largest absolute Gasteiger partial charge is 0.480 e. The quantitative estimate of drug-likeness (QED) is 0.847. The molecule has 1 N–H and O–H groups in total. The molecule has 0 unspecified atom stereocenters. The molecule has 3 rings (SSSR count). The molecule has 0 atom stereocenters. The highest BCUT2D eigenvalue weighted by atomic mass is 32.2. The number of para-hydroxylation sites is 1. The van der Waals surface area contributed by atoms with Gasteiger partial charge in [0, 0.05) is 17.8 Å². The number of fused-ring (bicyclic) bond motifs is 1. The van der Waals surface area contributed by atoms with Gasteiger partial charge in [-0.25, -0.2) is 8.42 Å². The fourth-order valence-corrected chi connectivity index (χ4v) is 4.22. The van der Waals surface area contributed by atoms with E-state index in [1.807, 2.05) is 0 Å². The third-order valence-corrected chi connectivity index (χ3v) is 5.59. The Hall–Kier alpha value is -2.87. The Morgan fingerprint density at radius 2 is 1.85 bits per heavy atom. The van der Waals surface area contributed by atoms with E-state index in [9.17, 15) is 23.1 Å². The van der Waals surface area contributed by atoms with Crippen LogP contribution < -0.4 is 9.21 Å². The number of carbonyl (C=O) groups excluding carboxylic acids is 1. The molecule has 2 aromatic carbocycles. The van der Waals surface area contributed by atoms with E-state index >= 15 is 0 Å². The van der Waals surface area contributed by atoms with Crippen molar-refractivity contribution in [1.82, 2.24) is 0 Å². The molecule has 0 saturated carbocycles. The highest BCUT2D eigenvalue weighted by molar-refractivity contribution is 7.92. The number of rotatable bonds is 5. The minimum absolute atomic E-state index is 0.328. The van der Waals surface area contributed by atoms with Crippen LogP contribution in [0.3, 0.4) is 0 Å². The molecule has 2 aromatic rings. The van der Waals surface area contributed by atoms with E-state index < -0.39 is 28.4 Å². The Kier molecular flexibility index (Phi) is 5.18. The lowest BCUT2D eigenvalue weighted by molar-refractivity contribution is -0.135. The maximum Gasteiger partial charge on any atom is 0.323 e. The average Bonchev–Trinajstić information content (AvgIpc) is 2.64. The van der Waals surface area contributed by atoms with Crippen molar-refractivity contribution in [1.29, 1.82) is 0 Å². The summed E-state index contributed by atoms with van der Waals surface area (Å²) in [6, 6.07) is 13.4. The molecule has 0 spiro atoms. The van der Waals surface area contributed by atoms with Crippen molar-refractivity contribution in [2.75, 3.05) is 28.6 Å². The zero-order chi connectivity index (χ0) is 19.6. The number of carboxylic acid groups (broad SMARTS) is 1. The van der Waals surface area contributed by atoms with E-state index in [1.54, 1.807) is 48.5 Å². The van der Waals surface area contributed by atoms with Crippen LogP contribution in [-0.4, -0.2) is 44.7 Å². The van der Waals surface area contributed by atoms with Gasteiger partial charge >= 0.3 is 5.97 Å². The van der Waals surface area contributed by atoms with Crippen molar-refractivity contribution in [3.05, 3.63) is 59.7 Å². The van der Waals surface area contributed by atoms with Crippen molar-refractivity contribution < 1.29 is 23.1 Å². The molecule has 1 heterocycles. The van der Waals surface area contributed by atoms with Crippen LogP contribution in [0.2, 0.25) is 0 Å². The van der Waals surface area contributed by atoms with E-state index in [4.69, 9.17) is 0 Å². The minimum Gasteiger partial charge on any atom is -0.480 e. The second kappa shape index (κ2) is 7.40. The Balaban J connectivity index is 1.98. The summed E-state index contributed by atoms with van der Waals surface area (Å²) in [5.74, 6) is -1.56. The summed E-state index contributed by atoms with van der Waals surface area (Å²) >= 11 is 0. The predicted molar refractivity (Wildman–Crippen MR) is 103 cm³/mol. The van der Waals surface area contributed by atoms with Crippen molar-refractivity contribution in [3.8, 4) is 0 Å². The highest BCUT2D eigenvalue weighted by Crippen LogP contribution is 2.30. The first-order valence-electron chi connectivity index (χ1n) is 8.47. The van der Waals surface area contributed by atoms with E-state index in [2.05, 4.69) is 0 Å². The number of benzene rings is 2. The summed E-state index contributed by atoms with van der Waals surface area (Å²) in [6.45, 7) is -0.0519. The smallest absolute Gasteiger partial charge is 0.323 e. The number of aliphatic carboxylic acids is 1. The molecule has 8 heteroatoms. The van der Waals surface area contributed by atoms with E-state index in [0.717, 1.165) is 11.8 Å². The average molecular weight is 388 g/mol. The summed E-state index contributed by atoms with van der Waals surface area (Å²) in [4.78, 5) is 25.4. The Labute approximate surface area is 157 Å². The normalized spacial score (nSPS) is 13.7. The third-order valence-electron chi connectivity index (χ3n) is 4.41. The van der Waals surface area contributed by atoms with Crippen LogP contribution in [0.15, 0.2) is 48.5 Å². The number of amides is 1. The summed E-state index contributed by atoms with van der Waals surface area (Å²) in [7, 11) is -3.39. The molecule has 7 nitrogen and oxygen atoms in total. The van der Waals surface area contributed by atoms with E-state index in [-0.39, 0.29) is 0 Å². The van der Waals surface area contributed by atoms with Gasteiger partial charge in [-0.15, -0.1) is 0 Å². The van der Waals surface area contributed by atoms with E-state index in [1.165, 1.54) is 9.21 Å². The molecule has 0 aliphatic carbocycles. The van der Waals surface area contributed by atoms with Crippen molar-refractivity contribution >= 4 is 33.3 Å². The van der Waals surface area contributed by atoms with Gasteiger partial charge in [0.15, 0.2) is 0 Å². The van der Waals surface area contributed by atoms with Gasteiger partial charge in [-0.1, -0.05) is 18.2 Å². The van der Waals surface area contributed by atoms with Crippen molar-refractivity contribution in [2.45, 2.75) is 12.8 Å². The number of hydrogen-bond acceptors (Lipinski definition) is 4. The number of aryl methyl sites for hydroxylation is 1. The highest BCUT2D eigenvalue weighted by Gasteiger charge is 2.26. The second-order valence-corrected chi connectivity index (χ2v) is 8.31. The number of nitrogens with zero attached hydrogens (tertiary/aromatic N) is 2. The van der Waals surface area contributed by atoms with Gasteiger partial charge in [-0.2, -0.15) is 0 Å². The lowest BCUT2D eigenvalue weighted by Gasteiger charge is -2.30. The summed E-state index contributed by atoms with van der Waals surface area (Å²) in [6.07, 6.45) is 2.48. The Morgan fingerprint density at radius 1 is 1.15 bits per heavy atom. The number of anilines is 2. The fourth-order valence-electron chi connectivity index (χ4n) is 3.22. The predicted octanol–water partition coefficient (Wildman–Crippen LogP) is 2.13. The molecule has 1 amide bonds. The number of hydrogen-bond donors (Lipinski definition) is 1. The zero-order valence-electron chi connectivity index (χ0n) is 14.8. The number of sulfonamides is 1. The minimum atomic E-state index is -3.39. The maximum absolute atomic E-state index is 13.0. The first-order chi connectivity index (χ1) is 12.8. The standard InChI is InChI=1S/C19H20N2O5S/c1-27(25,26)21-11-5-6-14-12-15(9-10-17(14)21)19(24)20(13-18(22)23)16-7-3-2-4-8-16/h2-4,7-10,12H,5-6,11,13H2,1H3,(H,22,23). The van der Waals surface area contributed by atoms with Crippen molar-refractivity contribution in [2.24, 2.45) is 0 Å². The topological polar surface area (TPSA) is 95.0 Å². The molecule has 0 fully saturated rings. The van der Waals surface area contributed by atoms with Crippen LogP contribution in [0.4, 0.5) is 11.4 Å². The van der Waals surface area contributed by atoms with Crippen LogP contribution in [0.5, 0.6) is 0 Å². The first-order valence-corrected chi connectivity index (χ1v) is 10.3. The second-order valence-electron chi connectivity index (χ2n) is 6.40. The molecule has 0 aromatic heterocycles. The third kappa shape index (κ3) is 4.11. The van der Waals surface area contributed by atoms with Gasteiger partial charge in [0.25, 0.3) is 5.91 Å². The molecule has 1 aliphatic rings. The Bertz CT molecular complexity index is 973. The molecule has 27 heavy (non-hydrogen) atoms. The van der Waals surface area contributed by atoms with Crippen LogP contribution in [0.25, 0.3) is 0 Å². The molecular weight excluding hydrogens is 368 g/mol. The van der Waals surface area contributed by atoms with E-state index in [0.29, 0.717) is 36.3 Å². The number of carbonyl (C=O) groups is 2. The summed E-state index contributed by atoms with van der Waals surface area (Å²) in [5.41, 5.74) is 2.15. The van der Waals surface area contributed by atoms with Gasteiger partial charge in [0.05, 0.1) is 11.9 Å². The van der Waals surface area contributed by atoms with Gasteiger partial charge in [0.2, 0.25) is 10.0 Å². The molecule has 0 bridgehead atoms. The monoisotopic (exact) mass is 388 g/mol. The van der Waals surface area contributed by atoms with Crippen LogP contribution in [0.1, 0.15) is 22.3 Å². The van der Waals surface area contributed by atoms with Gasteiger partial charge in [-0.05, 0) is 48.7 Å². The summed E-state index contributed by atoms with van der Waals surface area (Å²) in [5, 5.41) is 9.19. The maximum atomic E-state index is 13.0. The molecule has 1 aliphatic heterocycles. The molecule has 0 saturated heterocycles. The van der Waals surface area contributed by atoms with Gasteiger partial charge in [-0.3, -0.25) is 18.8 Å². The van der Waals surface area contributed by atoms with Crippen LogP contribution >= 0.6 is 0 Å². The van der Waals surface area contributed by atoms with Crippen LogP contribution in [-0.2, 0) is 21.2 Å². The number of carboxylic acids is 1. The zero-order valence-corrected chi connectivity index (χ0v) is 15.6. The Morgan fingerprint density at radius 3 is 2.48 bits per heavy atom. The molecular formula is C19H20N2O5S. The van der Waals surface area contributed by atoms with Crippen molar-refractivity contribution in [3.63, 3.8) is 0 Å². The van der Waals surface area contributed by atoms with Crippen LogP contribution in [0, 0.1) is 0 Å². The molecule has 0 radical (unpaired) electrons.